The Hall–Kier alpha value is -1.98. The van der Waals surface area contributed by atoms with Crippen molar-refractivity contribution in [2.24, 2.45) is 0 Å². The van der Waals surface area contributed by atoms with E-state index in [4.69, 9.17) is 16.6 Å². The van der Waals surface area contributed by atoms with Gasteiger partial charge in [0.1, 0.15) is 23.3 Å². The Kier molecular flexibility index (Phi) is 5.46. The van der Waals surface area contributed by atoms with Crippen molar-refractivity contribution in [3.8, 4) is 10.6 Å². The number of hydrogen-bond donors (Lipinski definition) is 1. The highest BCUT2D eigenvalue weighted by Crippen LogP contribution is 2.26. The van der Waals surface area contributed by atoms with Gasteiger partial charge in [0.05, 0.1) is 4.88 Å². The Morgan fingerprint density at radius 3 is 2.46 bits per heavy atom. The van der Waals surface area contributed by atoms with Crippen LogP contribution < -0.4 is 5.32 Å². The molecule has 26 heavy (non-hydrogen) atoms. The Balaban J connectivity index is 1.51. The summed E-state index contributed by atoms with van der Waals surface area (Å²) in [6.45, 7) is 0.849. The van der Waals surface area contributed by atoms with E-state index in [0.29, 0.717) is 6.04 Å². The van der Waals surface area contributed by atoms with Gasteiger partial charge in [0.25, 0.3) is 0 Å². The number of thiophene rings is 1. The molecule has 0 unspecified atom stereocenters. The average molecular weight is 398 g/mol. The lowest BCUT2D eigenvalue weighted by molar-refractivity contribution is -0.702. The largest absolute Gasteiger partial charge is 0.331 e. The molecule has 4 aromatic rings. The van der Waals surface area contributed by atoms with Gasteiger partial charge in [-0.1, -0.05) is 60.1 Å². The topological polar surface area (TPSA) is 29.5 Å². The standard InChI is InChI=1S/C21H17ClN2S2/c22-17-10-8-16(9-11-17)21-24-18(14-26-21)13-23-20(19-7-4-12-25-19)15-5-2-1-3-6-15/h1-12,14,20,23H,13H2/p+1/t20-/m1/s1. The maximum Gasteiger partial charge on any atom is 0.147 e. The van der Waals surface area contributed by atoms with Crippen molar-refractivity contribution in [1.82, 2.24) is 4.98 Å². The molecule has 0 saturated carbocycles. The van der Waals surface area contributed by atoms with Gasteiger partial charge in [0, 0.05) is 21.5 Å². The van der Waals surface area contributed by atoms with Crippen LogP contribution in [0.1, 0.15) is 22.2 Å². The lowest BCUT2D eigenvalue weighted by atomic mass is 10.1. The molecule has 0 amide bonds. The van der Waals surface area contributed by atoms with Crippen molar-refractivity contribution < 1.29 is 5.32 Å². The van der Waals surface area contributed by atoms with Crippen molar-refractivity contribution in [2.45, 2.75) is 12.6 Å². The molecule has 2 aromatic carbocycles. The monoisotopic (exact) mass is 397 g/mol. The third kappa shape index (κ3) is 4.05. The first kappa shape index (κ1) is 17.4. The lowest BCUT2D eigenvalue weighted by Gasteiger charge is -2.14. The number of benzene rings is 2. The van der Waals surface area contributed by atoms with E-state index in [9.17, 15) is 0 Å². The fourth-order valence-corrected chi connectivity index (χ4v) is 4.72. The molecular formula is C21H18ClN2S2+. The number of hydrogen-bond acceptors (Lipinski definition) is 3. The predicted molar refractivity (Wildman–Crippen MR) is 111 cm³/mol. The van der Waals surface area contributed by atoms with E-state index in [-0.39, 0.29) is 0 Å². The van der Waals surface area contributed by atoms with Gasteiger partial charge in [0.2, 0.25) is 0 Å². The second-order valence-corrected chi connectivity index (χ2v) is 8.27. The molecule has 130 valence electrons. The van der Waals surface area contributed by atoms with Crippen LogP contribution in [0.25, 0.3) is 10.6 Å². The molecule has 1 atom stereocenters. The number of halogens is 1. The maximum atomic E-state index is 5.97. The van der Waals surface area contributed by atoms with Gasteiger partial charge in [0.15, 0.2) is 0 Å². The smallest absolute Gasteiger partial charge is 0.147 e. The van der Waals surface area contributed by atoms with Crippen LogP contribution in [0.2, 0.25) is 5.02 Å². The number of aromatic nitrogens is 1. The minimum atomic E-state index is 0.303. The molecule has 0 aliphatic rings. The molecule has 0 spiro atoms. The van der Waals surface area contributed by atoms with Crippen LogP contribution in [0.5, 0.6) is 0 Å². The number of quaternary nitrogens is 1. The molecule has 2 aromatic heterocycles. The number of nitrogens with zero attached hydrogens (tertiary/aromatic N) is 1. The van der Waals surface area contributed by atoms with Gasteiger partial charge in [-0.3, -0.25) is 0 Å². The molecule has 0 bridgehead atoms. The zero-order valence-electron chi connectivity index (χ0n) is 14.0. The van der Waals surface area contributed by atoms with Gasteiger partial charge in [-0.2, -0.15) is 0 Å². The summed E-state index contributed by atoms with van der Waals surface area (Å²) in [6, 6.07) is 23.1. The first-order chi connectivity index (χ1) is 12.8. The highest BCUT2D eigenvalue weighted by Gasteiger charge is 2.19. The Bertz CT molecular complexity index is 947. The molecule has 0 saturated heterocycles. The molecule has 5 heteroatoms. The zero-order chi connectivity index (χ0) is 17.8. The molecule has 4 rings (SSSR count). The van der Waals surface area contributed by atoms with Crippen LogP contribution in [0.4, 0.5) is 0 Å². The highest BCUT2D eigenvalue weighted by atomic mass is 35.5. The normalized spacial score (nSPS) is 12.2. The zero-order valence-corrected chi connectivity index (χ0v) is 16.4. The third-order valence-corrected chi connectivity index (χ3v) is 6.36. The molecule has 0 fully saturated rings. The summed E-state index contributed by atoms with van der Waals surface area (Å²) in [5.74, 6) is 0. The van der Waals surface area contributed by atoms with E-state index in [0.717, 1.165) is 27.8 Å². The van der Waals surface area contributed by atoms with Crippen LogP contribution in [-0.2, 0) is 6.54 Å². The quantitative estimate of drug-likeness (QED) is 0.465. The second kappa shape index (κ2) is 8.14. The van der Waals surface area contributed by atoms with Gasteiger partial charge in [-0.25, -0.2) is 4.98 Å². The number of rotatable bonds is 6. The molecule has 2 heterocycles. The van der Waals surface area contributed by atoms with Gasteiger partial charge < -0.3 is 5.32 Å². The number of thiazole rings is 1. The molecule has 0 aliphatic carbocycles. The maximum absolute atomic E-state index is 5.97. The minimum absolute atomic E-state index is 0.303. The van der Waals surface area contributed by atoms with Crippen LogP contribution in [0.3, 0.4) is 0 Å². The third-order valence-electron chi connectivity index (χ3n) is 4.21. The first-order valence-electron chi connectivity index (χ1n) is 8.41. The van der Waals surface area contributed by atoms with Crippen LogP contribution >= 0.6 is 34.3 Å². The van der Waals surface area contributed by atoms with E-state index in [2.05, 4.69) is 58.5 Å². The van der Waals surface area contributed by atoms with Crippen molar-refractivity contribution in [1.29, 1.82) is 0 Å². The summed E-state index contributed by atoms with van der Waals surface area (Å²) in [6.07, 6.45) is 0. The number of nitrogens with two attached hydrogens (primary N) is 1. The van der Waals surface area contributed by atoms with Crippen LogP contribution in [0.15, 0.2) is 77.5 Å². The summed E-state index contributed by atoms with van der Waals surface area (Å²) >= 11 is 9.46. The molecule has 0 radical (unpaired) electrons. The molecular weight excluding hydrogens is 380 g/mol. The van der Waals surface area contributed by atoms with Crippen molar-refractivity contribution in [2.75, 3.05) is 0 Å². The summed E-state index contributed by atoms with van der Waals surface area (Å²) < 4.78 is 0. The highest BCUT2D eigenvalue weighted by molar-refractivity contribution is 7.13. The summed E-state index contributed by atoms with van der Waals surface area (Å²) in [5, 5.41) is 8.44. The van der Waals surface area contributed by atoms with Crippen LogP contribution in [-0.4, -0.2) is 4.98 Å². The Morgan fingerprint density at radius 2 is 1.73 bits per heavy atom. The minimum Gasteiger partial charge on any atom is -0.331 e. The SMILES string of the molecule is Clc1ccc(-c2nc(C[NH2+][C@H](c3ccccc3)c3cccs3)cs2)cc1. The van der Waals surface area contributed by atoms with Crippen molar-refractivity contribution in [3.05, 3.63) is 98.6 Å². The lowest BCUT2D eigenvalue weighted by Crippen LogP contribution is -2.83. The van der Waals surface area contributed by atoms with E-state index < -0.39 is 0 Å². The van der Waals surface area contributed by atoms with Crippen molar-refractivity contribution >= 4 is 34.3 Å². The molecule has 2 nitrogen and oxygen atoms in total. The predicted octanol–water partition coefficient (Wildman–Crippen LogP) is 5.38. The Labute approximate surface area is 166 Å². The fraction of sp³-hybridized carbons (Fsp3) is 0.0952. The van der Waals surface area contributed by atoms with E-state index >= 15 is 0 Å². The van der Waals surface area contributed by atoms with Crippen LogP contribution in [0, 0.1) is 0 Å². The first-order valence-corrected chi connectivity index (χ1v) is 10.6. The van der Waals surface area contributed by atoms with Gasteiger partial charge in [-0.05, 0) is 23.6 Å². The summed E-state index contributed by atoms with van der Waals surface area (Å²) in [4.78, 5) is 6.17. The van der Waals surface area contributed by atoms with E-state index in [1.807, 2.05) is 24.3 Å². The van der Waals surface area contributed by atoms with E-state index in [1.165, 1.54) is 10.4 Å². The van der Waals surface area contributed by atoms with Gasteiger partial charge in [-0.15, -0.1) is 22.7 Å². The average Bonchev–Trinajstić information content (AvgIpc) is 3.36. The van der Waals surface area contributed by atoms with Crippen molar-refractivity contribution in [3.63, 3.8) is 0 Å². The summed E-state index contributed by atoms with van der Waals surface area (Å²) in [5.41, 5.74) is 3.55. The van der Waals surface area contributed by atoms with Gasteiger partial charge >= 0.3 is 0 Å². The summed E-state index contributed by atoms with van der Waals surface area (Å²) in [7, 11) is 0. The Morgan fingerprint density at radius 1 is 0.923 bits per heavy atom. The second-order valence-electron chi connectivity index (χ2n) is 5.99. The molecule has 0 aliphatic heterocycles. The fourth-order valence-electron chi connectivity index (χ4n) is 2.91. The van der Waals surface area contributed by atoms with E-state index in [1.54, 1.807) is 22.7 Å². The molecule has 2 N–H and O–H groups in total.